The number of amides is 3. The molecule has 45 heavy (non-hydrogen) atoms. The summed E-state index contributed by atoms with van der Waals surface area (Å²) in [7, 11) is 0. The van der Waals surface area contributed by atoms with E-state index in [9.17, 15) is 19.2 Å². The standard InChI is InChI=1S/C36H53N3O6/c1-10-11-22-39(32(41)28(23-25(2)3)38-34(43)45-36(7,8)9)30(27-20-16-13-17-21-27)31(40)37-29(33(42)44-35(4,5)6)24-26-18-14-12-15-19-26/h12-21,25,28-30H,10-11,22-24H2,1-9H3,(H,37,40)(H,38,43). The van der Waals surface area contributed by atoms with Gasteiger partial charge in [-0.1, -0.05) is 87.9 Å². The molecule has 0 aliphatic rings. The minimum atomic E-state index is -1.07. The molecule has 2 aromatic rings. The summed E-state index contributed by atoms with van der Waals surface area (Å²) < 4.78 is 11.2. The van der Waals surface area contributed by atoms with Crippen molar-refractivity contribution in [3.05, 3.63) is 71.8 Å². The lowest BCUT2D eigenvalue weighted by Gasteiger charge is -2.35. The maximum Gasteiger partial charge on any atom is 0.408 e. The zero-order valence-corrected chi connectivity index (χ0v) is 28.5. The Morgan fingerprint density at radius 3 is 1.84 bits per heavy atom. The van der Waals surface area contributed by atoms with Crippen LogP contribution >= 0.6 is 0 Å². The Bertz CT molecular complexity index is 1230. The zero-order chi connectivity index (χ0) is 33.8. The highest BCUT2D eigenvalue weighted by Crippen LogP contribution is 2.25. The average Bonchev–Trinajstić information content (AvgIpc) is 2.93. The van der Waals surface area contributed by atoms with Gasteiger partial charge in [0, 0.05) is 13.0 Å². The first-order valence-electron chi connectivity index (χ1n) is 15.9. The number of alkyl carbamates (subject to hydrolysis) is 1. The topological polar surface area (TPSA) is 114 Å². The molecule has 0 aromatic heterocycles. The fourth-order valence-electron chi connectivity index (χ4n) is 4.81. The Labute approximate surface area is 269 Å². The number of unbranched alkanes of at least 4 members (excludes halogenated alkanes) is 1. The van der Waals surface area contributed by atoms with Crippen LogP contribution in [-0.2, 0) is 30.3 Å². The van der Waals surface area contributed by atoms with Crippen LogP contribution in [0.3, 0.4) is 0 Å². The van der Waals surface area contributed by atoms with Crippen molar-refractivity contribution < 1.29 is 28.7 Å². The summed E-state index contributed by atoms with van der Waals surface area (Å²) in [4.78, 5) is 56.5. The maximum absolute atomic E-state index is 14.4. The number of esters is 1. The molecule has 0 aliphatic heterocycles. The van der Waals surface area contributed by atoms with E-state index < -0.39 is 53.2 Å². The van der Waals surface area contributed by atoms with Gasteiger partial charge in [0.05, 0.1) is 0 Å². The van der Waals surface area contributed by atoms with Crippen molar-refractivity contribution in [1.82, 2.24) is 15.5 Å². The summed E-state index contributed by atoms with van der Waals surface area (Å²) in [6.07, 6.45) is 1.25. The summed E-state index contributed by atoms with van der Waals surface area (Å²) in [5, 5.41) is 5.70. The lowest BCUT2D eigenvalue weighted by molar-refractivity contribution is -0.159. The van der Waals surface area contributed by atoms with Gasteiger partial charge in [0.25, 0.3) is 0 Å². The van der Waals surface area contributed by atoms with Crippen molar-refractivity contribution in [2.24, 2.45) is 5.92 Å². The van der Waals surface area contributed by atoms with Crippen LogP contribution in [0.25, 0.3) is 0 Å². The number of benzene rings is 2. The van der Waals surface area contributed by atoms with Crippen LogP contribution in [0.1, 0.15) is 98.7 Å². The van der Waals surface area contributed by atoms with Gasteiger partial charge in [0.1, 0.15) is 29.3 Å². The summed E-state index contributed by atoms with van der Waals surface area (Å²) in [6, 6.07) is 15.4. The van der Waals surface area contributed by atoms with Crippen LogP contribution in [0, 0.1) is 5.92 Å². The predicted molar refractivity (Wildman–Crippen MR) is 176 cm³/mol. The first-order chi connectivity index (χ1) is 21.0. The molecule has 0 heterocycles. The van der Waals surface area contributed by atoms with E-state index >= 15 is 0 Å². The fourth-order valence-corrected chi connectivity index (χ4v) is 4.81. The number of carbonyl (C=O) groups excluding carboxylic acids is 4. The molecule has 9 nitrogen and oxygen atoms in total. The summed E-state index contributed by atoms with van der Waals surface area (Å²) in [5.74, 6) is -1.42. The van der Waals surface area contributed by atoms with E-state index in [2.05, 4.69) is 10.6 Å². The Morgan fingerprint density at radius 1 is 0.778 bits per heavy atom. The minimum Gasteiger partial charge on any atom is -0.458 e. The lowest BCUT2D eigenvalue weighted by Crippen LogP contribution is -2.55. The van der Waals surface area contributed by atoms with E-state index in [0.29, 0.717) is 18.4 Å². The molecule has 0 aliphatic carbocycles. The molecule has 3 unspecified atom stereocenters. The molecule has 9 heteroatoms. The van der Waals surface area contributed by atoms with Gasteiger partial charge in [0.2, 0.25) is 11.8 Å². The molecule has 3 amide bonds. The first-order valence-corrected chi connectivity index (χ1v) is 15.9. The number of nitrogens with zero attached hydrogens (tertiary/aromatic N) is 1. The van der Waals surface area contributed by atoms with Gasteiger partial charge in [-0.3, -0.25) is 9.59 Å². The number of hydrogen-bond donors (Lipinski definition) is 2. The van der Waals surface area contributed by atoms with Crippen molar-refractivity contribution in [1.29, 1.82) is 0 Å². The minimum absolute atomic E-state index is 0.0633. The number of carbonyl (C=O) groups is 4. The van der Waals surface area contributed by atoms with E-state index in [1.807, 2.05) is 57.2 Å². The highest BCUT2D eigenvalue weighted by atomic mass is 16.6. The van der Waals surface area contributed by atoms with E-state index in [0.717, 1.165) is 12.0 Å². The molecule has 0 spiro atoms. The van der Waals surface area contributed by atoms with Crippen LogP contribution in [-0.4, -0.2) is 58.6 Å². The van der Waals surface area contributed by atoms with Gasteiger partial charge in [-0.2, -0.15) is 0 Å². The van der Waals surface area contributed by atoms with E-state index in [1.54, 1.807) is 65.8 Å². The molecule has 2 aromatic carbocycles. The van der Waals surface area contributed by atoms with E-state index in [1.165, 1.54) is 4.90 Å². The molecule has 2 rings (SSSR count). The summed E-state index contributed by atoms with van der Waals surface area (Å²) >= 11 is 0. The van der Waals surface area contributed by atoms with Gasteiger partial charge in [-0.05, 0) is 71.4 Å². The highest BCUT2D eigenvalue weighted by molar-refractivity contribution is 5.94. The third-order valence-electron chi connectivity index (χ3n) is 6.70. The van der Waals surface area contributed by atoms with Gasteiger partial charge in [-0.25, -0.2) is 9.59 Å². The molecular formula is C36H53N3O6. The number of hydrogen-bond acceptors (Lipinski definition) is 6. The van der Waals surface area contributed by atoms with Crippen molar-refractivity contribution in [3.8, 4) is 0 Å². The quantitative estimate of drug-likeness (QED) is 0.237. The molecule has 0 radical (unpaired) electrons. The fraction of sp³-hybridized carbons (Fsp3) is 0.556. The van der Waals surface area contributed by atoms with Crippen LogP contribution < -0.4 is 10.6 Å². The number of ether oxygens (including phenoxy) is 2. The Morgan fingerprint density at radius 2 is 1.33 bits per heavy atom. The van der Waals surface area contributed by atoms with Crippen molar-refractivity contribution >= 4 is 23.9 Å². The van der Waals surface area contributed by atoms with Gasteiger partial charge >= 0.3 is 12.1 Å². The normalized spacial score (nSPS) is 13.7. The largest absolute Gasteiger partial charge is 0.458 e. The Balaban J connectivity index is 2.55. The third-order valence-corrected chi connectivity index (χ3v) is 6.70. The summed E-state index contributed by atoms with van der Waals surface area (Å²) in [6.45, 7) is 16.8. The molecule has 0 saturated heterocycles. The van der Waals surface area contributed by atoms with Gasteiger partial charge in [-0.15, -0.1) is 0 Å². The SMILES string of the molecule is CCCCN(C(=O)C(CC(C)C)NC(=O)OC(C)(C)C)C(C(=O)NC(Cc1ccccc1)C(=O)OC(C)(C)C)c1ccccc1. The predicted octanol–water partition coefficient (Wildman–Crippen LogP) is 6.37. The van der Waals surface area contributed by atoms with Crippen LogP contribution in [0.2, 0.25) is 0 Å². The van der Waals surface area contributed by atoms with Crippen molar-refractivity contribution in [2.45, 2.75) is 117 Å². The Kier molecular flexibility index (Phi) is 14.1. The zero-order valence-electron chi connectivity index (χ0n) is 28.5. The van der Waals surface area contributed by atoms with Gasteiger partial charge in [0.15, 0.2) is 0 Å². The molecule has 3 atom stereocenters. The molecule has 2 N–H and O–H groups in total. The monoisotopic (exact) mass is 623 g/mol. The van der Waals surface area contributed by atoms with Crippen LogP contribution in [0.4, 0.5) is 4.79 Å². The second-order valence-corrected chi connectivity index (χ2v) is 13.8. The molecule has 0 saturated carbocycles. The second-order valence-electron chi connectivity index (χ2n) is 13.8. The van der Waals surface area contributed by atoms with Crippen LogP contribution in [0.15, 0.2) is 60.7 Å². The number of nitrogens with one attached hydrogen (secondary N) is 2. The van der Waals surface area contributed by atoms with Crippen LogP contribution in [0.5, 0.6) is 0 Å². The average molecular weight is 624 g/mol. The van der Waals surface area contributed by atoms with Crippen molar-refractivity contribution in [3.63, 3.8) is 0 Å². The maximum atomic E-state index is 14.4. The smallest absolute Gasteiger partial charge is 0.408 e. The van der Waals surface area contributed by atoms with E-state index in [-0.39, 0.29) is 18.9 Å². The molecule has 0 fully saturated rings. The number of rotatable bonds is 14. The molecule has 0 bridgehead atoms. The highest BCUT2D eigenvalue weighted by Gasteiger charge is 2.38. The van der Waals surface area contributed by atoms with Crippen molar-refractivity contribution in [2.75, 3.05) is 6.54 Å². The lowest BCUT2D eigenvalue weighted by atomic mass is 9.98. The molecule has 248 valence electrons. The third kappa shape index (κ3) is 13.3. The van der Waals surface area contributed by atoms with E-state index in [4.69, 9.17) is 9.47 Å². The van der Waals surface area contributed by atoms with Gasteiger partial charge < -0.3 is 25.0 Å². The molecular weight excluding hydrogens is 570 g/mol. The summed E-state index contributed by atoms with van der Waals surface area (Å²) in [5.41, 5.74) is -0.0832. The second kappa shape index (κ2) is 17.0. The first kappa shape index (κ1) is 37.3. The Hall–Kier alpha value is -3.88.